The Morgan fingerprint density at radius 1 is 0.974 bits per heavy atom. The highest BCUT2D eigenvalue weighted by Gasteiger charge is 2.23. The molecule has 0 spiro atoms. The molecule has 2 amide bonds. The standard InChI is InChI=1S/C30H39N3O5/c1-4-38-29(35)16-15-28(34)32-21-18-31(19-22-32)20-23-33(30(36)26-13-11-24(2)12-14-26)17-7-9-25-8-5-6-10-27(25)37-3/h5-14H,4,15-23H2,1-3H3/b9-7+. The highest BCUT2D eigenvalue weighted by Crippen LogP contribution is 2.19. The van der Waals surface area contributed by atoms with E-state index in [1.165, 1.54) is 0 Å². The zero-order chi connectivity index (χ0) is 27.3. The Morgan fingerprint density at radius 3 is 2.37 bits per heavy atom. The van der Waals surface area contributed by atoms with Crippen LogP contribution >= 0.6 is 0 Å². The minimum atomic E-state index is -0.336. The van der Waals surface area contributed by atoms with Crippen LogP contribution in [0.2, 0.25) is 0 Å². The lowest BCUT2D eigenvalue weighted by Crippen LogP contribution is -2.50. The molecular weight excluding hydrogens is 482 g/mol. The molecule has 0 radical (unpaired) electrons. The van der Waals surface area contributed by atoms with Gasteiger partial charge in [-0.15, -0.1) is 0 Å². The fourth-order valence-electron chi connectivity index (χ4n) is 4.35. The molecule has 8 nitrogen and oxygen atoms in total. The van der Waals surface area contributed by atoms with Crippen LogP contribution in [0, 0.1) is 6.92 Å². The van der Waals surface area contributed by atoms with E-state index < -0.39 is 0 Å². The van der Waals surface area contributed by atoms with E-state index in [-0.39, 0.29) is 30.6 Å². The molecule has 1 fully saturated rings. The normalized spacial score (nSPS) is 13.9. The van der Waals surface area contributed by atoms with Crippen LogP contribution < -0.4 is 4.74 Å². The topological polar surface area (TPSA) is 79.4 Å². The van der Waals surface area contributed by atoms with Crippen LogP contribution in [0.15, 0.2) is 54.6 Å². The first-order chi connectivity index (χ1) is 18.4. The molecule has 0 aromatic heterocycles. The number of esters is 1. The molecule has 0 N–H and O–H groups in total. The summed E-state index contributed by atoms with van der Waals surface area (Å²) in [5.41, 5.74) is 2.73. The summed E-state index contributed by atoms with van der Waals surface area (Å²) in [6.45, 7) is 8.52. The van der Waals surface area contributed by atoms with Crippen molar-refractivity contribution < 1.29 is 23.9 Å². The largest absolute Gasteiger partial charge is 0.496 e. The van der Waals surface area contributed by atoms with Gasteiger partial charge >= 0.3 is 5.97 Å². The lowest BCUT2D eigenvalue weighted by molar-refractivity contribution is -0.146. The lowest BCUT2D eigenvalue weighted by atomic mass is 10.1. The number of rotatable bonds is 12. The Labute approximate surface area is 225 Å². The second-order valence-electron chi connectivity index (χ2n) is 9.29. The third-order valence-electron chi connectivity index (χ3n) is 6.61. The van der Waals surface area contributed by atoms with E-state index in [4.69, 9.17) is 9.47 Å². The number of piperazine rings is 1. The lowest BCUT2D eigenvalue weighted by Gasteiger charge is -2.35. The van der Waals surface area contributed by atoms with Gasteiger partial charge in [0, 0.05) is 63.4 Å². The Balaban J connectivity index is 1.57. The van der Waals surface area contributed by atoms with Crippen molar-refractivity contribution in [2.45, 2.75) is 26.7 Å². The van der Waals surface area contributed by atoms with E-state index in [0.717, 1.165) is 30.0 Å². The van der Waals surface area contributed by atoms with Crippen molar-refractivity contribution in [3.8, 4) is 5.75 Å². The van der Waals surface area contributed by atoms with E-state index in [9.17, 15) is 14.4 Å². The molecule has 3 rings (SSSR count). The predicted molar refractivity (Wildman–Crippen MR) is 148 cm³/mol. The number of carbonyl (C=O) groups excluding carboxylic acids is 3. The van der Waals surface area contributed by atoms with Crippen LogP contribution in [0.4, 0.5) is 0 Å². The number of carbonyl (C=O) groups is 3. The smallest absolute Gasteiger partial charge is 0.306 e. The quantitative estimate of drug-likeness (QED) is 0.397. The monoisotopic (exact) mass is 521 g/mol. The number of methoxy groups -OCH3 is 1. The number of amides is 2. The maximum Gasteiger partial charge on any atom is 0.306 e. The van der Waals surface area contributed by atoms with Crippen molar-refractivity contribution in [3.05, 3.63) is 71.3 Å². The molecule has 0 unspecified atom stereocenters. The maximum atomic E-state index is 13.4. The second-order valence-corrected chi connectivity index (χ2v) is 9.29. The molecule has 204 valence electrons. The molecular formula is C30H39N3O5. The van der Waals surface area contributed by atoms with Crippen LogP contribution in [-0.2, 0) is 14.3 Å². The van der Waals surface area contributed by atoms with E-state index in [1.807, 2.05) is 72.5 Å². The van der Waals surface area contributed by atoms with Gasteiger partial charge in [0.05, 0.1) is 20.1 Å². The Kier molecular flexibility index (Phi) is 11.4. The number of hydrogen-bond donors (Lipinski definition) is 0. The minimum absolute atomic E-state index is 0.0116. The molecule has 2 aromatic rings. The Bertz CT molecular complexity index is 1090. The van der Waals surface area contributed by atoms with Gasteiger partial charge in [0.15, 0.2) is 0 Å². The summed E-state index contributed by atoms with van der Waals surface area (Å²) in [6, 6.07) is 15.4. The zero-order valence-electron chi connectivity index (χ0n) is 22.7. The number of para-hydroxylation sites is 1. The number of ether oxygens (including phenoxy) is 2. The van der Waals surface area contributed by atoms with Crippen molar-refractivity contribution in [3.63, 3.8) is 0 Å². The van der Waals surface area contributed by atoms with Crippen LogP contribution in [0.25, 0.3) is 6.08 Å². The van der Waals surface area contributed by atoms with Gasteiger partial charge in [-0.3, -0.25) is 19.3 Å². The average molecular weight is 522 g/mol. The molecule has 1 heterocycles. The molecule has 0 bridgehead atoms. The molecule has 38 heavy (non-hydrogen) atoms. The van der Waals surface area contributed by atoms with Crippen molar-refractivity contribution >= 4 is 23.9 Å². The summed E-state index contributed by atoms with van der Waals surface area (Å²) in [5, 5.41) is 0. The highest BCUT2D eigenvalue weighted by molar-refractivity contribution is 5.94. The SMILES string of the molecule is CCOC(=O)CCC(=O)N1CCN(CCN(C/C=C/c2ccccc2OC)C(=O)c2ccc(C)cc2)CC1. The zero-order valence-corrected chi connectivity index (χ0v) is 22.7. The Hall–Kier alpha value is -3.65. The van der Waals surface area contributed by atoms with Gasteiger partial charge in [-0.25, -0.2) is 0 Å². The van der Waals surface area contributed by atoms with Gasteiger partial charge in [-0.05, 0) is 32.0 Å². The van der Waals surface area contributed by atoms with Crippen LogP contribution in [0.1, 0.15) is 41.3 Å². The average Bonchev–Trinajstić information content (AvgIpc) is 2.94. The minimum Gasteiger partial charge on any atom is -0.496 e. The van der Waals surface area contributed by atoms with Crippen LogP contribution in [0.5, 0.6) is 5.75 Å². The van der Waals surface area contributed by atoms with Crippen LogP contribution in [-0.4, -0.2) is 92.0 Å². The molecule has 0 aliphatic carbocycles. The predicted octanol–water partition coefficient (Wildman–Crippen LogP) is 3.65. The van der Waals surface area contributed by atoms with Crippen molar-refractivity contribution in [2.24, 2.45) is 0 Å². The van der Waals surface area contributed by atoms with Gasteiger partial charge in [-0.2, -0.15) is 0 Å². The van der Waals surface area contributed by atoms with Gasteiger partial charge in [-0.1, -0.05) is 48.0 Å². The molecule has 1 aliphatic rings. The van der Waals surface area contributed by atoms with Crippen molar-refractivity contribution in [1.82, 2.24) is 14.7 Å². The van der Waals surface area contributed by atoms with Gasteiger partial charge < -0.3 is 19.3 Å². The first kappa shape index (κ1) is 28.9. The summed E-state index contributed by atoms with van der Waals surface area (Å²) in [7, 11) is 1.65. The summed E-state index contributed by atoms with van der Waals surface area (Å²) >= 11 is 0. The molecule has 0 saturated carbocycles. The third-order valence-corrected chi connectivity index (χ3v) is 6.61. The number of benzene rings is 2. The molecule has 8 heteroatoms. The van der Waals surface area contributed by atoms with Gasteiger partial charge in [0.2, 0.25) is 5.91 Å². The van der Waals surface area contributed by atoms with E-state index in [0.29, 0.717) is 44.9 Å². The fraction of sp³-hybridized carbons (Fsp3) is 0.433. The first-order valence-corrected chi connectivity index (χ1v) is 13.2. The number of hydrogen-bond acceptors (Lipinski definition) is 6. The molecule has 1 saturated heterocycles. The van der Waals surface area contributed by atoms with E-state index >= 15 is 0 Å². The summed E-state index contributed by atoms with van der Waals surface area (Å²) in [5.74, 6) is 0.422. The first-order valence-electron chi connectivity index (χ1n) is 13.2. The Morgan fingerprint density at radius 2 is 1.68 bits per heavy atom. The molecule has 2 aromatic carbocycles. The summed E-state index contributed by atoms with van der Waals surface area (Å²) in [6.07, 6.45) is 4.26. The van der Waals surface area contributed by atoms with Crippen LogP contribution in [0.3, 0.4) is 0 Å². The van der Waals surface area contributed by atoms with E-state index in [2.05, 4.69) is 4.90 Å². The van der Waals surface area contributed by atoms with Gasteiger partial charge in [0.25, 0.3) is 5.91 Å². The van der Waals surface area contributed by atoms with E-state index in [1.54, 1.807) is 18.9 Å². The summed E-state index contributed by atoms with van der Waals surface area (Å²) in [4.78, 5) is 43.3. The third kappa shape index (κ3) is 8.73. The van der Waals surface area contributed by atoms with Crippen molar-refractivity contribution in [1.29, 1.82) is 0 Å². The molecule has 0 atom stereocenters. The molecule has 1 aliphatic heterocycles. The number of aryl methyl sites for hydroxylation is 1. The second kappa shape index (κ2) is 14.9. The summed E-state index contributed by atoms with van der Waals surface area (Å²) < 4.78 is 10.3. The highest BCUT2D eigenvalue weighted by atomic mass is 16.5. The number of nitrogens with zero attached hydrogens (tertiary/aromatic N) is 3. The maximum absolute atomic E-state index is 13.4. The van der Waals surface area contributed by atoms with Crippen molar-refractivity contribution in [2.75, 3.05) is 59.5 Å². The fourth-order valence-corrected chi connectivity index (χ4v) is 4.35. The van der Waals surface area contributed by atoms with Gasteiger partial charge in [0.1, 0.15) is 5.75 Å².